The largest absolute Gasteiger partial charge is 0.474 e. The highest BCUT2D eigenvalue weighted by molar-refractivity contribution is 6.00. The van der Waals surface area contributed by atoms with Crippen molar-refractivity contribution in [1.29, 1.82) is 0 Å². The molecule has 8 heteroatoms. The van der Waals surface area contributed by atoms with Crippen LogP contribution in [0, 0.1) is 5.92 Å². The predicted molar refractivity (Wildman–Crippen MR) is 90.2 cm³/mol. The van der Waals surface area contributed by atoms with Crippen LogP contribution in [0.2, 0.25) is 0 Å². The molecule has 0 radical (unpaired) electrons. The minimum atomic E-state index is -4.15. The van der Waals surface area contributed by atoms with Crippen molar-refractivity contribution in [1.82, 2.24) is 15.3 Å². The molecular weight excluding hydrogens is 345 g/mol. The Bertz CT molecular complexity index is 742. The SMILES string of the molecule is FC(F)(F)C1CCCC(Oc2ccc(C3=NNC4C=CC=CN34)cn2)C1. The first-order valence-corrected chi connectivity index (χ1v) is 8.67. The number of alkyl halides is 3. The molecule has 0 aromatic carbocycles. The molecule has 0 amide bonds. The molecule has 26 heavy (non-hydrogen) atoms. The molecule has 138 valence electrons. The van der Waals surface area contributed by atoms with Crippen LogP contribution in [0.15, 0.2) is 47.9 Å². The minimum absolute atomic E-state index is 0.00382. The van der Waals surface area contributed by atoms with E-state index >= 15 is 0 Å². The van der Waals surface area contributed by atoms with Crippen LogP contribution >= 0.6 is 0 Å². The molecule has 1 aliphatic carbocycles. The van der Waals surface area contributed by atoms with Gasteiger partial charge in [0.15, 0.2) is 5.84 Å². The maximum absolute atomic E-state index is 12.9. The number of rotatable bonds is 3. The molecule has 2 aliphatic heterocycles. The Morgan fingerprint density at radius 2 is 2.08 bits per heavy atom. The first-order valence-electron chi connectivity index (χ1n) is 8.67. The van der Waals surface area contributed by atoms with Crippen LogP contribution in [0.5, 0.6) is 5.88 Å². The van der Waals surface area contributed by atoms with Crippen molar-refractivity contribution < 1.29 is 17.9 Å². The predicted octanol–water partition coefficient (Wildman–Crippen LogP) is 3.56. The summed E-state index contributed by atoms with van der Waals surface area (Å²) in [4.78, 5) is 6.24. The Morgan fingerprint density at radius 3 is 2.85 bits per heavy atom. The molecule has 3 unspecified atom stereocenters. The Hall–Kier alpha value is -2.51. The van der Waals surface area contributed by atoms with Crippen molar-refractivity contribution >= 4 is 5.84 Å². The molecule has 3 aliphatic rings. The molecule has 0 spiro atoms. The van der Waals surface area contributed by atoms with Crippen LogP contribution in [-0.4, -0.2) is 34.2 Å². The van der Waals surface area contributed by atoms with Gasteiger partial charge in [-0.15, -0.1) is 0 Å². The number of pyridine rings is 1. The van der Waals surface area contributed by atoms with Gasteiger partial charge in [0.1, 0.15) is 12.3 Å². The van der Waals surface area contributed by atoms with Crippen LogP contribution in [-0.2, 0) is 0 Å². The van der Waals surface area contributed by atoms with E-state index < -0.39 is 18.2 Å². The number of nitrogens with zero attached hydrogens (tertiary/aromatic N) is 3. The molecule has 1 fully saturated rings. The third-order valence-corrected chi connectivity index (χ3v) is 4.87. The normalized spacial score (nSPS) is 27.7. The zero-order valence-corrected chi connectivity index (χ0v) is 14.0. The summed E-state index contributed by atoms with van der Waals surface area (Å²) >= 11 is 0. The fraction of sp³-hybridized carbons (Fsp3) is 0.444. The molecule has 4 rings (SSSR count). The summed E-state index contributed by atoms with van der Waals surface area (Å²) in [6.07, 6.45) is 6.13. The number of nitrogens with one attached hydrogen (secondary N) is 1. The van der Waals surface area contributed by atoms with Gasteiger partial charge in [-0.25, -0.2) is 4.98 Å². The van der Waals surface area contributed by atoms with E-state index in [1.54, 1.807) is 12.3 Å². The topological polar surface area (TPSA) is 49.8 Å². The number of hydrogen-bond donors (Lipinski definition) is 1. The van der Waals surface area contributed by atoms with E-state index in [1.165, 1.54) is 0 Å². The van der Waals surface area contributed by atoms with E-state index in [2.05, 4.69) is 15.5 Å². The van der Waals surface area contributed by atoms with Gasteiger partial charge in [-0.1, -0.05) is 6.08 Å². The van der Waals surface area contributed by atoms with Gasteiger partial charge in [0.2, 0.25) is 5.88 Å². The van der Waals surface area contributed by atoms with E-state index in [9.17, 15) is 13.2 Å². The standard InChI is InChI=1S/C18H19F3N4O/c19-18(20,21)13-4-3-5-14(10-13)26-16-8-7-12(11-22-16)17-24-23-15-6-1-2-9-25(15)17/h1-2,6-9,11,13-15,23H,3-5,10H2. The second kappa shape index (κ2) is 6.66. The van der Waals surface area contributed by atoms with Crippen molar-refractivity contribution in [2.45, 2.75) is 44.1 Å². The number of halogens is 3. The highest BCUT2D eigenvalue weighted by Crippen LogP contribution is 2.38. The van der Waals surface area contributed by atoms with Crippen molar-refractivity contribution in [3.63, 3.8) is 0 Å². The van der Waals surface area contributed by atoms with E-state index in [1.807, 2.05) is 35.4 Å². The summed E-state index contributed by atoms with van der Waals surface area (Å²) in [6, 6.07) is 3.51. The molecule has 3 heterocycles. The summed E-state index contributed by atoms with van der Waals surface area (Å²) in [6.45, 7) is 0. The molecule has 0 bridgehead atoms. The fourth-order valence-corrected chi connectivity index (χ4v) is 3.51. The molecule has 1 saturated carbocycles. The van der Waals surface area contributed by atoms with Crippen LogP contribution in [0.4, 0.5) is 13.2 Å². The van der Waals surface area contributed by atoms with E-state index in [0.29, 0.717) is 18.7 Å². The van der Waals surface area contributed by atoms with Crippen LogP contribution in [0.25, 0.3) is 0 Å². The molecule has 1 aromatic rings. The zero-order valence-electron chi connectivity index (χ0n) is 14.0. The number of fused-ring (bicyclic) bond motifs is 1. The minimum Gasteiger partial charge on any atom is -0.474 e. The summed E-state index contributed by atoms with van der Waals surface area (Å²) in [5.74, 6) is -0.196. The quantitative estimate of drug-likeness (QED) is 0.891. The lowest BCUT2D eigenvalue weighted by Crippen LogP contribution is -2.36. The second-order valence-electron chi connectivity index (χ2n) is 6.67. The number of aromatic nitrogens is 1. The van der Waals surface area contributed by atoms with E-state index in [-0.39, 0.29) is 19.0 Å². The van der Waals surface area contributed by atoms with Gasteiger partial charge in [0.05, 0.1) is 5.92 Å². The van der Waals surface area contributed by atoms with E-state index in [0.717, 1.165) is 11.4 Å². The number of allylic oxidation sites excluding steroid dienone is 2. The average Bonchev–Trinajstić information content (AvgIpc) is 3.06. The second-order valence-corrected chi connectivity index (χ2v) is 6.67. The number of hydrazone groups is 1. The smallest absolute Gasteiger partial charge is 0.391 e. The van der Waals surface area contributed by atoms with Crippen molar-refractivity contribution in [3.05, 3.63) is 48.3 Å². The van der Waals surface area contributed by atoms with Gasteiger partial charge in [0.25, 0.3) is 0 Å². The Kier molecular flexibility index (Phi) is 4.34. The first-order chi connectivity index (χ1) is 12.5. The van der Waals surface area contributed by atoms with Crippen molar-refractivity contribution in [2.75, 3.05) is 0 Å². The maximum atomic E-state index is 12.9. The van der Waals surface area contributed by atoms with Gasteiger partial charge in [-0.3, -0.25) is 5.43 Å². The van der Waals surface area contributed by atoms with Crippen molar-refractivity contribution in [2.24, 2.45) is 11.0 Å². The monoisotopic (exact) mass is 364 g/mol. The summed E-state index contributed by atoms with van der Waals surface area (Å²) < 4.78 is 44.4. The zero-order chi connectivity index (χ0) is 18.1. The van der Waals surface area contributed by atoms with E-state index in [4.69, 9.17) is 4.74 Å². The lowest BCUT2D eigenvalue weighted by molar-refractivity contribution is -0.188. The summed E-state index contributed by atoms with van der Waals surface area (Å²) in [5.41, 5.74) is 3.83. The summed E-state index contributed by atoms with van der Waals surface area (Å²) in [7, 11) is 0. The first kappa shape index (κ1) is 16.9. The Balaban J connectivity index is 1.41. The highest BCUT2D eigenvalue weighted by atomic mass is 19.4. The third kappa shape index (κ3) is 3.40. The Labute approximate surface area is 149 Å². The van der Waals surface area contributed by atoms with Gasteiger partial charge >= 0.3 is 6.18 Å². The molecular formula is C18H19F3N4O. The van der Waals surface area contributed by atoms with Crippen LogP contribution in [0.3, 0.4) is 0 Å². The molecule has 5 nitrogen and oxygen atoms in total. The fourth-order valence-electron chi connectivity index (χ4n) is 3.51. The van der Waals surface area contributed by atoms with Gasteiger partial charge in [-0.2, -0.15) is 18.3 Å². The third-order valence-electron chi connectivity index (χ3n) is 4.87. The lowest BCUT2D eigenvalue weighted by atomic mass is 9.87. The summed E-state index contributed by atoms with van der Waals surface area (Å²) in [5, 5.41) is 4.32. The highest BCUT2D eigenvalue weighted by Gasteiger charge is 2.42. The maximum Gasteiger partial charge on any atom is 0.391 e. The van der Waals surface area contributed by atoms with Gasteiger partial charge < -0.3 is 9.64 Å². The molecule has 1 aromatic heterocycles. The number of ether oxygens (including phenoxy) is 1. The van der Waals surface area contributed by atoms with Gasteiger partial charge in [0, 0.05) is 24.0 Å². The molecule has 0 saturated heterocycles. The average molecular weight is 364 g/mol. The Morgan fingerprint density at radius 1 is 1.19 bits per heavy atom. The molecule has 1 N–H and O–H groups in total. The van der Waals surface area contributed by atoms with Crippen LogP contribution in [0.1, 0.15) is 31.2 Å². The lowest BCUT2D eigenvalue weighted by Gasteiger charge is -2.30. The number of hydrogen-bond acceptors (Lipinski definition) is 5. The van der Waals surface area contributed by atoms with Gasteiger partial charge in [-0.05, 0) is 43.9 Å². The van der Waals surface area contributed by atoms with Crippen LogP contribution < -0.4 is 10.2 Å². The molecule has 3 atom stereocenters. The number of amidine groups is 1. The van der Waals surface area contributed by atoms with Crippen molar-refractivity contribution in [3.8, 4) is 5.88 Å².